The molecule has 1 heterocycles. The van der Waals surface area contributed by atoms with Crippen LogP contribution in [0.4, 0.5) is 10.1 Å². The van der Waals surface area contributed by atoms with E-state index >= 15 is 0 Å². The van der Waals surface area contributed by atoms with Gasteiger partial charge in [-0.1, -0.05) is 15.9 Å². The summed E-state index contributed by atoms with van der Waals surface area (Å²) in [5.74, 6) is -1.72. The van der Waals surface area contributed by atoms with E-state index in [4.69, 9.17) is 0 Å². The summed E-state index contributed by atoms with van der Waals surface area (Å²) in [4.78, 5) is 11.8. The number of hydrogen-bond donors (Lipinski definition) is 1. The Kier molecular flexibility index (Phi) is 3.72. The molecule has 0 bridgehead atoms. The van der Waals surface area contributed by atoms with Crippen LogP contribution in [0.25, 0.3) is 0 Å². The summed E-state index contributed by atoms with van der Waals surface area (Å²) in [6.07, 6.45) is 0.298. The molecule has 0 radical (unpaired) electrons. The SMILES string of the molecule is O=C(Nc1ccc(Br)cc1F)[C@@H]1CCS(=O)(=O)C1. The highest BCUT2D eigenvalue weighted by Gasteiger charge is 2.33. The van der Waals surface area contributed by atoms with E-state index in [1.54, 1.807) is 6.07 Å². The zero-order chi connectivity index (χ0) is 13.3. The van der Waals surface area contributed by atoms with Gasteiger partial charge >= 0.3 is 0 Å². The molecule has 1 aliphatic rings. The summed E-state index contributed by atoms with van der Waals surface area (Å²) >= 11 is 3.11. The number of rotatable bonds is 2. The van der Waals surface area contributed by atoms with Gasteiger partial charge in [-0.15, -0.1) is 0 Å². The minimum Gasteiger partial charge on any atom is -0.323 e. The molecule has 0 saturated carbocycles. The van der Waals surface area contributed by atoms with Crippen molar-refractivity contribution in [3.05, 3.63) is 28.5 Å². The molecular formula is C11H11BrFNO3S. The number of sulfone groups is 1. The molecule has 0 unspecified atom stereocenters. The van der Waals surface area contributed by atoms with Crippen molar-refractivity contribution >= 4 is 37.4 Å². The Morgan fingerprint density at radius 2 is 2.17 bits per heavy atom. The third-order valence-corrected chi connectivity index (χ3v) is 5.05. The molecule has 1 fully saturated rings. The Morgan fingerprint density at radius 3 is 2.72 bits per heavy atom. The van der Waals surface area contributed by atoms with Gasteiger partial charge in [0.05, 0.1) is 23.1 Å². The normalized spacial score (nSPS) is 21.8. The molecule has 1 aromatic carbocycles. The Bertz CT molecular complexity index is 588. The van der Waals surface area contributed by atoms with Crippen LogP contribution in [0.15, 0.2) is 22.7 Å². The molecule has 4 nitrogen and oxygen atoms in total. The van der Waals surface area contributed by atoms with Crippen molar-refractivity contribution in [1.82, 2.24) is 0 Å². The molecule has 1 amide bonds. The quantitative estimate of drug-likeness (QED) is 0.898. The van der Waals surface area contributed by atoms with Crippen LogP contribution >= 0.6 is 15.9 Å². The number of amides is 1. The Morgan fingerprint density at radius 1 is 1.44 bits per heavy atom. The van der Waals surface area contributed by atoms with Crippen molar-refractivity contribution < 1.29 is 17.6 Å². The maximum atomic E-state index is 13.5. The zero-order valence-electron chi connectivity index (χ0n) is 9.32. The van der Waals surface area contributed by atoms with Crippen LogP contribution < -0.4 is 5.32 Å². The van der Waals surface area contributed by atoms with Gasteiger partial charge in [0.1, 0.15) is 5.82 Å². The van der Waals surface area contributed by atoms with Crippen molar-refractivity contribution in [3.8, 4) is 0 Å². The largest absolute Gasteiger partial charge is 0.323 e. The highest BCUT2D eigenvalue weighted by molar-refractivity contribution is 9.10. The standard InChI is InChI=1S/C11H11BrFNO3S/c12-8-1-2-10(9(13)5-8)14-11(15)7-3-4-18(16,17)6-7/h1-2,5,7H,3-4,6H2,(H,14,15)/t7-/m1/s1. The van der Waals surface area contributed by atoms with Crippen LogP contribution in [0.3, 0.4) is 0 Å². The van der Waals surface area contributed by atoms with Gasteiger partial charge in [0.15, 0.2) is 9.84 Å². The Labute approximate surface area is 113 Å². The van der Waals surface area contributed by atoms with Crippen LogP contribution in [-0.4, -0.2) is 25.8 Å². The molecule has 7 heteroatoms. The van der Waals surface area contributed by atoms with Gasteiger partial charge in [0, 0.05) is 4.47 Å². The fourth-order valence-electron chi connectivity index (χ4n) is 1.83. The molecule has 18 heavy (non-hydrogen) atoms. The summed E-state index contributed by atoms with van der Waals surface area (Å²) in [5.41, 5.74) is 0.0625. The third-order valence-electron chi connectivity index (χ3n) is 2.79. The van der Waals surface area contributed by atoms with E-state index < -0.39 is 27.5 Å². The smallest absolute Gasteiger partial charge is 0.228 e. The highest BCUT2D eigenvalue weighted by atomic mass is 79.9. The zero-order valence-corrected chi connectivity index (χ0v) is 11.7. The average molecular weight is 336 g/mol. The van der Waals surface area contributed by atoms with Crippen molar-refractivity contribution in [2.75, 3.05) is 16.8 Å². The van der Waals surface area contributed by atoms with Gasteiger partial charge in [0.25, 0.3) is 0 Å². The first-order valence-electron chi connectivity index (χ1n) is 5.34. The second-order valence-corrected chi connectivity index (χ2v) is 7.36. The van der Waals surface area contributed by atoms with Crippen molar-refractivity contribution in [2.45, 2.75) is 6.42 Å². The van der Waals surface area contributed by atoms with Crippen molar-refractivity contribution in [1.29, 1.82) is 0 Å². The Hall–Kier alpha value is -0.950. The number of nitrogens with one attached hydrogen (secondary N) is 1. The van der Waals surface area contributed by atoms with Gasteiger partial charge in [-0.05, 0) is 24.6 Å². The average Bonchev–Trinajstić information content (AvgIpc) is 2.63. The second-order valence-electron chi connectivity index (χ2n) is 4.21. The second kappa shape index (κ2) is 4.97. The van der Waals surface area contributed by atoms with Crippen LogP contribution in [0, 0.1) is 11.7 Å². The number of carbonyl (C=O) groups excluding carboxylic acids is 1. The lowest BCUT2D eigenvalue weighted by molar-refractivity contribution is -0.119. The number of hydrogen-bond acceptors (Lipinski definition) is 3. The molecule has 1 atom stereocenters. The van der Waals surface area contributed by atoms with Gasteiger partial charge < -0.3 is 5.32 Å². The van der Waals surface area contributed by atoms with E-state index in [0.29, 0.717) is 10.9 Å². The lowest BCUT2D eigenvalue weighted by Gasteiger charge is -2.10. The summed E-state index contributed by atoms with van der Waals surface area (Å²) in [7, 11) is -3.11. The maximum Gasteiger partial charge on any atom is 0.228 e. The molecule has 1 saturated heterocycles. The van der Waals surface area contributed by atoms with E-state index in [1.165, 1.54) is 12.1 Å². The third kappa shape index (κ3) is 3.08. The lowest BCUT2D eigenvalue weighted by atomic mass is 10.1. The van der Waals surface area contributed by atoms with Crippen LogP contribution in [0.1, 0.15) is 6.42 Å². The number of benzene rings is 1. The minimum absolute atomic E-state index is 0.0217. The highest BCUT2D eigenvalue weighted by Crippen LogP contribution is 2.23. The first-order valence-corrected chi connectivity index (χ1v) is 7.95. The first kappa shape index (κ1) is 13.5. The predicted octanol–water partition coefficient (Wildman–Crippen LogP) is 1.96. The van der Waals surface area contributed by atoms with E-state index in [-0.39, 0.29) is 17.2 Å². The van der Waals surface area contributed by atoms with E-state index in [1.807, 2.05) is 0 Å². The molecule has 0 aromatic heterocycles. The topological polar surface area (TPSA) is 63.2 Å². The van der Waals surface area contributed by atoms with Crippen LogP contribution in [-0.2, 0) is 14.6 Å². The van der Waals surface area contributed by atoms with Gasteiger partial charge in [-0.2, -0.15) is 0 Å². The first-order chi connectivity index (χ1) is 8.37. The molecule has 2 rings (SSSR count). The minimum atomic E-state index is -3.11. The Balaban J connectivity index is 2.08. The van der Waals surface area contributed by atoms with E-state index in [9.17, 15) is 17.6 Å². The molecule has 1 aliphatic heterocycles. The number of carbonyl (C=O) groups is 1. The van der Waals surface area contributed by atoms with Gasteiger partial charge in [0.2, 0.25) is 5.91 Å². The number of halogens is 2. The predicted molar refractivity (Wildman–Crippen MR) is 69.5 cm³/mol. The summed E-state index contributed by atoms with van der Waals surface area (Å²) in [6.45, 7) is 0. The van der Waals surface area contributed by atoms with Crippen LogP contribution in [0.5, 0.6) is 0 Å². The lowest BCUT2D eigenvalue weighted by Crippen LogP contribution is -2.24. The maximum absolute atomic E-state index is 13.5. The van der Waals surface area contributed by atoms with Crippen molar-refractivity contribution in [2.24, 2.45) is 5.92 Å². The molecule has 1 aromatic rings. The van der Waals surface area contributed by atoms with E-state index in [0.717, 1.165) is 0 Å². The molecule has 0 spiro atoms. The fraction of sp³-hybridized carbons (Fsp3) is 0.364. The van der Waals surface area contributed by atoms with Gasteiger partial charge in [-0.3, -0.25) is 4.79 Å². The molecular weight excluding hydrogens is 325 g/mol. The monoisotopic (exact) mass is 335 g/mol. The van der Waals surface area contributed by atoms with E-state index in [2.05, 4.69) is 21.2 Å². The van der Waals surface area contributed by atoms with Crippen molar-refractivity contribution in [3.63, 3.8) is 0 Å². The molecule has 0 aliphatic carbocycles. The summed E-state index contributed by atoms with van der Waals surface area (Å²) in [6, 6.07) is 4.27. The van der Waals surface area contributed by atoms with Gasteiger partial charge in [-0.25, -0.2) is 12.8 Å². The summed E-state index contributed by atoms with van der Waals surface area (Å²) in [5, 5.41) is 2.42. The summed E-state index contributed by atoms with van der Waals surface area (Å²) < 4.78 is 36.6. The molecule has 1 N–H and O–H groups in total. The fourth-order valence-corrected chi connectivity index (χ4v) is 3.90. The number of anilines is 1. The molecule has 98 valence electrons. The van der Waals surface area contributed by atoms with Crippen LogP contribution in [0.2, 0.25) is 0 Å².